The van der Waals surface area contributed by atoms with E-state index in [0.717, 1.165) is 81.4 Å². The lowest BCUT2D eigenvalue weighted by atomic mass is 9.97. The number of ether oxygens (including phenoxy) is 14. The molecule has 2 heterocycles. The average Bonchev–Trinajstić information content (AvgIpc) is 3.34. The van der Waals surface area contributed by atoms with Gasteiger partial charge in [-0.05, 0) is 17.5 Å². The summed E-state index contributed by atoms with van der Waals surface area (Å²) in [5, 5.41) is -0.699. The van der Waals surface area contributed by atoms with Crippen molar-refractivity contribution in [3.8, 4) is 23.0 Å². The third kappa shape index (κ3) is 14.3. The molecule has 1 unspecified atom stereocenters. The number of carbonyl (C=O) groups excluding carboxylic acids is 10. The fourth-order valence-electron chi connectivity index (χ4n) is 6.92. The second kappa shape index (κ2) is 23.4. The van der Waals surface area contributed by atoms with Gasteiger partial charge in [-0.25, -0.2) is 0 Å². The van der Waals surface area contributed by atoms with Gasteiger partial charge in [-0.1, -0.05) is 12.1 Å². The van der Waals surface area contributed by atoms with Crippen molar-refractivity contribution in [2.45, 2.75) is 131 Å². The van der Waals surface area contributed by atoms with E-state index in [1.165, 1.54) is 12.1 Å². The van der Waals surface area contributed by atoms with Crippen LogP contribution in [-0.2, 0) is 95.3 Å². The van der Waals surface area contributed by atoms with Crippen LogP contribution < -0.4 is 24.4 Å². The first-order valence-electron chi connectivity index (χ1n) is 20.3. The SMILES string of the molecule is CC(=O)OC[C@H]1O[C@@H](Oc2c(OC3O[C@H](COC(C)=O)[C@@H](OC(C)=O)[C@H](OC(C)=O)[C@H]3OC(C)=O)cc3cccc(OC(C)=O)c(=O)c3c2OC(C)=O)[C@H](OC(C)=O)[C@@H](OC(C)=O)[C@@H]1OC(C)=O. The highest BCUT2D eigenvalue weighted by Gasteiger charge is 2.56. The zero-order valence-corrected chi connectivity index (χ0v) is 38.2. The molecule has 370 valence electrons. The molecule has 2 aromatic rings. The normalized spacial score (nSPS) is 24.1. The molecule has 2 fully saturated rings. The molecule has 0 radical (unpaired) electrons. The van der Waals surface area contributed by atoms with Gasteiger partial charge >= 0.3 is 59.7 Å². The van der Waals surface area contributed by atoms with Crippen LogP contribution in [0.1, 0.15) is 69.2 Å². The average molecular weight is 965 g/mol. The number of benzene rings is 1. The highest BCUT2D eigenvalue weighted by molar-refractivity contribution is 5.95. The predicted molar refractivity (Wildman–Crippen MR) is 218 cm³/mol. The van der Waals surface area contributed by atoms with Crippen molar-refractivity contribution >= 4 is 70.5 Å². The first kappa shape index (κ1) is 53.2. The minimum absolute atomic E-state index is 0.154. The second-order valence-electron chi connectivity index (χ2n) is 14.8. The summed E-state index contributed by atoms with van der Waals surface area (Å²) in [5.74, 6) is -12.6. The van der Waals surface area contributed by atoms with Crippen LogP contribution in [0.5, 0.6) is 23.0 Å². The highest BCUT2D eigenvalue weighted by Crippen LogP contribution is 2.46. The lowest BCUT2D eigenvalue weighted by molar-refractivity contribution is -0.292. The maximum atomic E-state index is 14.3. The molecule has 0 aliphatic carbocycles. The summed E-state index contributed by atoms with van der Waals surface area (Å²) >= 11 is 0. The van der Waals surface area contributed by atoms with Gasteiger partial charge in [0, 0.05) is 69.2 Å². The molecule has 68 heavy (non-hydrogen) atoms. The van der Waals surface area contributed by atoms with Crippen LogP contribution in [0.15, 0.2) is 29.1 Å². The minimum Gasteiger partial charge on any atom is -0.463 e. The van der Waals surface area contributed by atoms with E-state index in [0.29, 0.717) is 0 Å². The van der Waals surface area contributed by atoms with E-state index in [-0.39, 0.29) is 5.39 Å². The highest BCUT2D eigenvalue weighted by atomic mass is 16.8. The van der Waals surface area contributed by atoms with Crippen LogP contribution >= 0.6 is 0 Å². The first-order valence-corrected chi connectivity index (χ1v) is 20.3. The van der Waals surface area contributed by atoms with Crippen LogP contribution in [0.3, 0.4) is 0 Å². The summed E-state index contributed by atoms with van der Waals surface area (Å²) in [7, 11) is 0. The van der Waals surface area contributed by atoms with E-state index in [9.17, 15) is 52.7 Å². The van der Waals surface area contributed by atoms with Crippen LogP contribution in [0.4, 0.5) is 0 Å². The Kier molecular flexibility index (Phi) is 18.3. The van der Waals surface area contributed by atoms with E-state index >= 15 is 0 Å². The van der Waals surface area contributed by atoms with Gasteiger partial charge in [0.05, 0.1) is 5.39 Å². The Morgan fingerprint density at radius 3 is 1.24 bits per heavy atom. The molecule has 2 aromatic carbocycles. The zero-order chi connectivity index (χ0) is 50.7. The van der Waals surface area contributed by atoms with Crippen molar-refractivity contribution in [2.75, 3.05) is 13.2 Å². The smallest absolute Gasteiger partial charge is 0.308 e. The topological polar surface area (TPSA) is 317 Å². The standard InChI is InChI=1S/C43H48O25/c1-17(44)55-15-30-35(58-20(4)47)38(61-23(7)50)40(63-25(9)52)42(66-30)65-29-14-27-12-11-13-28(57-19(3)46)33(54)32(27)37(60-22(6)49)34(29)68-43-41(64-26(10)53)39(62-24(8)51)36(59-21(5)48)31(67-43)16-56-18(2)45/h11-14,30-31,35-36,38-43H,15-16H2,1-10H3/t30-,31-,35-,36-,38+,39+,40-,41-,42?,43+/m1/s1. The van der Waals surface area contributed by atoms with E-state index in [1.807, 2.05) is 0 Å². The summed E-state index contributed by atoms with van der Waals surface area (Å²) in [4.78, 5) is 139. The molecule has 2 aliphatic heterocycles. The molecule has 25 heteroatoms. The Balaban J connectivity index is 2.14. The molecule has 4 rings (SSSR count). The molecule has 0 aromatic heterocycles. The summed E-state index contributed by atoms with van der Waals surface area (Å²) < 4.78 is 79.1. The summed E-state index contributed by atoms with van der Waals surface area (Å²) in [6.45, 7) is 8.37. The van der Waals surface area contributed by atoms with Crippen LogP contribution in [0, 0.1) is 0 Å². The molecule has 0 amide bonds. The lowest BCUT2D eigenvalue weighted by Gasteiger charge is -2.44. The van der Waals surface area contributed by atoms with Gasteiger partial charge in [0.2, 0.25) is 36.0 Å². The Morgan fingerprint density at radius 2 is 0.838 bits per heavy atom. The Labute approximate surface area is 385 Å². The van der Waals surface area contributed by atoms with Crippen LogP contribution in [0.25, 0.3) is 10.8 Å². The van der Waals surface area contributed by atoms with Gasteiger partial charge in [0.1, 0.15) is 25.4 Å². The van der Waals surface area contributed by atoms with E-state index < -0.39 is 168 Å². The number of rotatable bonds is 16. The monoisotopic (exact) mass is 964 g/mol. The Hall–Kier alpha value is -7.41. The van der Waals surface area contributed by atoms with Crippen molar-refractivity contribution in [3.63, 3.8) is 0 Å². The molecular weight excluding hydrogens is 916 g/mol. The summed E-state index contributed by atoms with van der Waals surface area (Å²) in [6.07, 6.45) is -18.1. The molecule has 10 atom stereocenters. The quantitative estimate of drug-likeness (QED) is 0.129. The van der Waals surface area contributed by atoms with Crippen molar-refractivity contribution in [3.05, 3.63) is 34.5 Å². The number of hydrogen-bond acceptors (Lipinski definition) is 25. The molecule has 25 nitrogen and oxygen atoms in total. The molecule has 0 saturated carbocycles. The Bertz CT molecular complexity index is 2370. The van der Waals surface area contributed by atoms with Gasteiger partial charge in [0.15, 0.2) is 41.7 Å². The lowest BCUT2D eigenvalue weighted by Crippen LogP contribution is -2.64. The number of esters is 10. The molecule has 0 N–H and O–H groups in total. The zero-order valence-electron chi connectivity index (χ0n) is 38.2. The van der Waals surface area contributed by atoms with E-state index in [2.05, 4.69) is 0 Å². The van der Waals surface area contributed by atoms with Crippen molar-refractivity contribution in [1.29, 1.82) is 0 Å². The fourth-order valence-corrected chi connectivity index (χ4v) is 6.92. The molecule has 2 saturated heterocycles. The second-order valence-corrected chi connectivity index (χ2v) is 14.8. The van der Waals surface area contributed by atoms with Gasteiger partial charge in [-0.3, -0.25) is 52.7 Å². The van der Waals surface area contributed by atoms with Crippen molar-refractivity contribution < 1.29 is 114 Å². The number of hydrogen-bond donors (Lipinski definition) is 0. The number of carbonyl (C=O) groups is 10. The molecular formula is C43H48O25. The molecule has 0 bridgehead atoms. The summed E-state index contributed by atoms with van der Waals surface area (Å²) in [5.41, 5.74) is -1.10. The first-order chi connectivity index (χ1) is 31.9. The van der Waals surface area contributed by atoms with Crippen molar-refractivity contribution in [1.82, 2.24) is 0 Å². The maximum Gasteiger partial charge on any atom is 0.308 e. The number of fused-ring (bicyclic) bond motifs is 1. The maximum absolute atomic E-state index is 14.3. The largest absolute Gasteiger partial charge is 0.463 e. The predicted octanol–water partition coefficient (Wildman–Crippen LogP) is 0.974. The van der Waals surface area contributed by atoms with E-state index in [4.69, 9.17) is 66.3 Å². The van der Waals surface area contributed by atoms with Gasteiger partial charge in [-0.15, -0.1) is 0 Å². The van der Waals surface area contributed by atoms with Gasteiger partial charge < -0.3 is 66.3 Å². The van der Waals surface area contributed by atoms with Gasteiger partial charge in [0.25, 0.3) is 0 Å². The van der Waals surface area contributed by atoms with E-state index in [1.54, 1.807) is 0 Å². The van der Waals surface area contributed by atoms with Gasteiger partial charge in [-0.2, -0.15) is 0 Å². The van der Waals surface area contributed by atoms with Crippen LogP contribution in [0.2, 0.25) is 0 Å². The Morgan fingerprint density at radius 1 is 0.441 bits per heavy atom. The summed E-state index contributed by atoms with van der Waals surface area (Å²) in [6, 6.07) is 4.71. The third-order valence-corrected chi connectivity index (χ3v) is 9.08. The third-order valence-electron chi connectivity index (χ3n) is 9.08. The molecule has 0 spiro atoms. The molecule has 2 aliphatic rings. The van der Waals surface area contributed by atoms with Crippen molar-refractivity contribution in [2.24, 2.45) is 0 Å². The van der Waals surface area contributed by atoms with Crippen LogP contribution in [-0.4, -0.2) is 134 Å². The minimum atomic E-state index is -2.12. The fraction of sp³-hybridized carbons (Fsp3) is 0.512.